The minimum absolute atomic E-state index is 0.269. The summed E-state index contributed by atoms with van der Waals surface area (Å²) in [6, 6.07) is 18.0. The number of urea groups is 1. The lowest BCUT2D eigenvalue weighted by molar-refractivity contribution is -0.140. The fourth-order valence-electron chi connectivity index (χ4n) is 4.40. The van der Waals surface area contributed by atoms with Crippen molar-refractivity contribution in [1.82, 2.24) is 20.0 Å². The van der Waals surface area contributed by atoms with Gasteiger partial charge in [-0.05, 0) is 18.1 Å². The molecule has 2 fully saturated rings. The van der Waals surface area contributed by atoms with Crippen LogP contribution in [-0.4, -0.2) is 78.0 Å². The van der Waals surface area contributed by atoms with Gasteiger partial charge in [-0.3, -0.25) is 14.5 Å². The van der Waals surface area contributed by atoms with E-state index < -0.39 is 23.6 Å². The Hall–Kier alpha value is -3.88. The summed E-state index contributed by atoms with van der Waals surface area (Å²) in [4.78, 5) is 55.6. The fourth-order valence-corrected chi connectivity index (χ4v) is 4.40. The van der Waals surface area contributed by atoms with Crippen molar-refractivity contribution in [2.75, 3.05) is 39.3 Å². The maximum atomic E-state index is 13.7. The molecule has 2 aliphatic rings. The molecule has 0 saturated carbocycles. The molecule has 178 valence electrons. The van der Waals surface area contributed by atoms with Gasteiger partial charge < -0.3 is 19.9 Å². The molecule has 2 heterocycles. The van der Waals surface area contributed by atoms with Crippen LogP contribution >= 0.6 is 0 Å². The summed E-state index contributed by atoms with van der Waals surface area (Å²) in [7, 11) is 0. The predicted molar refractivity (Wildman–Crippen MR) is 124 cm³/mol. The lowest BCUT2D eigenvalue weighted by Crippen LogP contribution is -2.53. The van der Waals surface area contributed by atoms with E-state index in [4.69, 9.17) is 4.74 Å². The van der Waals surface area contributed by atoms with Crippen molar-refractivity contribution in [3.63, 3.8) is 0 Å². The minimum Gasteiger partial charge on any atom is -0.450 e. The van der Waals surface area contributed by atoms with Gasteiger partial charge in [0, 0.05) is 32.6 Å². The highest BCUT2D eigenvalue weighted by atomic mass is 16.6. The topological polar surface area (TPSA) is 99.3 Å². The number of piperazine rings is 1. The van der Waals surface area contributed by atoms with E-state index in [2.05, 4.69) is 5.32 Å². The molecule has 5 amide bonds. The van der Waals surface area contributed by atoms with E-state index in [0.717, 1.165) is 10.5 Å². The molecule has 0 aromatic heterocycles. The first-order valence-corrected chi connectivity index (χ1v) is 11.4. The molecule has 0 spiro atoms. The molecule has 1 atom stereocenters. The van der Waals surface area contributed by atoms with Crippen molar-refractivity contribution in [2.24, 2.45) is 0 Å². The number of nitrogens with one attached hydrogen (secondary N) is 1. The lowest BCUT2D eigenvalue weighted by Gasteiger charge is -2.34. The maximum absolute atomic E-state index is 13.7. The summed E-state index contributed by atoms with van der Waals surface area (Å²) < 4.78 is 5.00. The molecule has 2 aromatic carbocycles. The number of hydrogen-bond donors (Lipinski definition) is 1. The zero-order valence-corrected chi connectivity index (χ0v) is 19.1. The summed E-state index contributed by atoms with van der Waals surface area (Å²) in [6.07, 6.45) is -0.136. The van der Waals surface area contributed by atoms with Crippen LogP contribution < -0.4 is 5.32 Å². The third-order valence-electron chi connectivity index (χ3n) is 6.21. The lowest BCUT2D eigenvalue weighted by atomic mass is 9.83. The Morgan fingerprint density at radius 1 is 0.912 bits per heavy atom. The van der Waals surface area contributed by atoms with Crippen LogP contribution in [0.25, 0.3) is 0 Å². The molecule has 34 heavy (non-hydrogen) atoms. The van der Waals surface area contributed by atoms with Crippen molar-refractivity contribution in [3.05, 3.63) is 71.8 Å². The monoisotopic (exact) mass is 464 g/mol. The van der Waals surface area contributed by atoms with E-state index in [1.54, 1.807) is 28.9 Å². The number of amides is 5. The molecule has 2 aliphatic heterocycles. The van der Waals surface area contributed by atoms with Gasteiger partial charge in [0.15, 0.2) is 5.54 Å². The van der Waals surface area contributed by atoms with Crippen LogP contribution in [-0.2, 0) is 26.3 Å². The molecule has 1 unspecified atom stereocenters. The molecule has 9 nitrogen and oxygen atoms in total. The summed E-state index contributed by atoms with van der Waals surface area (Å²) in [5, 5.41) is 2.87. The molecule has 0 radical (unpaired) electrons. The van der Waals surface area contributed by atoms with Gasteiger partial charge in [0.1, 0.15) is 6.54 Å². The van der Waals surface area contributed by atoms with Crippen LogP contribution in [0.15, 0.2) is 60.7 Å². The number of hydrogen-bond acceptors (Lipinski definition) is 5. The average molecular weight is 465 g/mol. The maximum Gasteiger partial charge on any atom is 0.409 e. The van der Waals surface area contributed by atoms with Crippen LogP contribution in [0.5, 0.6) is 0 Å². The SMILES string of the molecule is CCOC(=O)N1CCN(C(=O)CN2C(=O)NC(Cc3ccccc3)(c3ccccc3)C2=O)CC1. The van der Waals surface area contributed by atoms with Gasteiger partial charge >= 0.3 is 12.1 Å². The Balaban J connectivity index is 1.49. The van der Waals surface area contributed by atoms with Crippen LogP contribution in [0.3, 0.4) is 0 Å². The van der Waals surface area contributed by atoms with Crippen molar-refractivity contribution in [3.8, 4) is 0 Å². The van der Waals surface area contributed by atoms with E-state index in [-0.39, 0.29) is 25.5 Å². The zero-order chi connectivity index (χ0) is 24.1. The van der Waals surface area contributed by atoms with Crippen molar-refractivity contribution in [1.29, 1.82) is 0 Å². The van der Waals surface area contributed by atoms with E-state index in [9.17, 15) is 19.2 Å². The first-order chi connectivity index (χ1) is 16.4. The highest BCUT2D eigenvalue weighted by Gasteiger charge is 2.53. The van der Waals surface area contributed by atoms with Crippen molar-refractivity contribution < 1.29 is 23.9 Å². The van der Waals surface area contributed by atoms with Crippen molar-refractivity contribution >= 4 is 23.9 Å². The Labute approximate surface area is 198 Å². The fraction of sp³-hybridized carbons (Fsp3) is 0.360. The summed E-state index contributed by atoms with van der Waals surface area (Å²) in [6.45, 7) is 2.98. The second-order valence-corrected chi connectivity index (χ2v) is 8.32. The van der Waals surface area contributed by atoms with Gasteiger partial charge in [0.2, 0.25) is 5.91 Å². The second-order valence-electron chi connectivity index (χ2n) is 8.32. The molecule has 9 heteroatoms. The quantitative estimate of drug-likeness (QED) is 0.659. The van der Waals surface area contributed by atoms with E-state index >= 15 is 0 Å². The standard InChI is InChI=1S/C25H28N4O5/c1-2-34-24(33)28-15-13-27(14-16-28)21(30)18-29-22(31)25(26-23(29)32,20-11-7-4-8-12-20)17-19-9-5-3-6-10-19/h3-12H,2,13-18H2,1H3,(H,26,32). The van der Waals surface area contributed by atoms with Gasteiger partial charge in [0.05, 0.1) is 6.61 Å². The number of carbonyl (C=O) groups excluding carboxylic acids is 4. The highest BCUT2D eigenvalue weighted by Crippen LogP contribution is 2.33. The Morgan fingerprint density at radius 3 is 2.12 bits per heavy atom. The van der Waals surface area contributed by atoms with Gasteiger partial charge in [-0.25, -0.2) is 9.59 Å². The molecular formula is C25H28N4O5. The van der Waals surface area contributed by atoms with Gasteiger partial charge in [-0.1, -0.05) is 60.7 Å². The normalized spacial score (nSPS) is 20.3. The molecule has 2 saturated heterocycles. The van der Waals surface area contributed by atoms with Crippen molar-refractivity contribution in [2.45, 2.75) is 18.9 Å². The summed E-state index contributed by atoms with van der Waals surface area (Å²) >= 11 is 0. The number of carbonyl (C=O) groups is 4. The van der Waals surface area contributed by atoms with E-state index in [1.165, 1.54) is 0 Å². The Kier molecular flexibility index (Phi) is 6.81. The van der Waals surface area contributed by atoms with Gasteiger partial charge in [-0.15, -0.1) is 0 Å². The third-order valence-corrected chi connectivity index (χ3v) is 6.21. The Bertz CT molecular complexity index is 1050. The minimum atomic E-state index is -1.29. The largest absolute Gasteiger partial charge is 0.450 e. The number of benzene rings is 2. The third kappa shape index (κ3) is 4.59. The first kappa shape index (κ1) is 23.3. The van der Waals surface area contributed by atoms with E-state index in [1.807, 2.05) is 48.5 Å². The van der Waals surface area contributed by atoms with Crippen LogP contribution in [0.2, 0.25) is 0 Å². The molecule has 4 rings (SSSR count). The number of imide groups is 1. The van der Waals surface area contributed by atoms with Crippen LogP contribution in [0.4, 0.5) is 9.59 Å². The predicted octanol–water partition coefficient (Wildman–Crippen LogP) is 1.98. The number of rotatable bonds is 6. The zero-order valence-electron chi connectivity index (χ0n) is 19.1. The molecule has 1 N–H and O–H groups in total. The van der Waals surface area contributed by atoms with Gasteiger partial charge in [0.25, 0.3) is 5.91 Å². The first-order valence-electron chi connectivity index (χ1n) is 11.4. The van der Waals surface area contributed by atoms with E-state index in [0.29, 0.717) is 31.7 Å². The molecular weight excluding hydrogens is 436 g/mol. The Morgan fingerprint density at radius 2 is 1.50 bits per heavy atom. The number of ether oxygens (including phenoxy) is 1. The van der Waals surface area contributed by atoms with Gasteiger partial charge in [-0.2, -0.15) is 0 Å². The van der Waals surface area contributed by atoms with Crippen LogP contribution in [0, 0.1) is 0 Å². The molecule has 0 bridgehead atoms. The average Bonchev–Trinajstić information content (AvgIpc) is 3.10. The van der Waals surface area contributed by atoms with Crippen LogP contribution in [0.1, 0.15) is 18.1 Å². The highest BCUT2D eigenvalue weighted by molar-refractivity contribution is 6.09. The summed E-state index contributed by atoms with van der Waals surface area (Å²) in [5.74, 6) is -0.790. The number of nitrogens with zero attached hydrogens (tertiary/aromatic N) is 3. The molecule has 0 aliphatic carbocycles. The smallest absolute Gasteiger partial charge is 0.409 e. The molecule has 2 aromatic rings. The summed E-state index contributed by atoms with van der Waals surface area (Å²) in [5.41, 5.74) is 0.265. The second kappa shape index (κ2) is 9.94.